The van der Waals surface area contributed by atoms with Gasteiger partial charge < -0.3 is 10.6 Å². The minimum Gasteiger partial charge on any atom is -0.364 e. The third-order valence-corrected chi connectivity index (χ3v) is 7.01. The second kappa shape index (κ2) is 6.87. The van der Waals surface area contributed by atoms with E-state index in [0.717, 1.165) is 57.3 Å². The third kappa shape index (κ3) is 2.94. The van der Waals surface area contributed by atoms with E-state index in [1.165, 1.54) is 4.88 Å². The van der Waals surface area contributed by atoms with E-state index in [2.05, 4.69) is 21.6 Å². The van der Waals surface area contributed by atoms with Crippen molar-refractivity contribution < 1.29 is 9.59 Å². The Morgan fingerprint density at radius 2 is 2.00 bits per heavy atom. The van der Waals surface area contributed by atoms with E-state index in [4.69, 9.17) is 5.73 Å². The molecule has 2 aromatic heterocycles. The van der Waals surface area contributed by atoms with Crippen molar-refractivity contribution in [3.63, 3.8) is 0 Å². The zero-order valence-electron chi connectivity index (χ0n) is 14.7. The van der Waals surface area contributed by atoms with Crippen LogP contribution in [-0.4, -0.2) is 40.0 Å². The van der Waals surface area contributed by atoms with E-state index in [0.29, 0.717) is 11.8 Å². The standard InChI is InChI=1S/C19H24N4O2S/c20-17(24)15-12-14(21-22-15)13-5-9-23(10-6-13)18(25)19(7-1-2-8-19)16-4-3-11-26-16/h3-4,11-13H,1-2,5-10H2,(H2,20,24)(H,21,22). The highest BCUT2D eigenvalue weighted by Crippen LogP contribution is 2.45. The van der Waals surface area contributed by atoms with Crippen LogP contribution in [0.3, 0.4) is 0 Å². The lowest BCUT2D eigenvalue weighted by atomic mass is 9.81. The number of carbonyl (C=O) groups is 2. The van der Waals surface area contributed by atoms with Gasteiger partial charge in [-0.2, -0.15) is 5.10 Å². The van der Waals surface area contributed by atoms with Gasteiger partial charge in [-0.1, -0.05) is 18.9 Å². The molecule has 0 aromatic carbocycles. The quantitative estimate of drug-likeness (QED) is 0.864. The van der Waals surface area contributed by atoms with Gasteiger partial charge in [0.25, 0.3) is 5.91 Å². The Morgan fingerprint density at radius 3 is 2.58 bits per heavy atom. The number of carbonyl (C=O) groups excluding carboxylic acids is 2. The molecule has 1 aliphatic carbocycles. The summed E-state index contributed by atoms with van der Waals surface area (Å²) >= 11 is 1.71. The zero-order chi connectivity index (χ0) is 18.1. The maximum absolute atomic E-state index is 13.4. The second-order valence-electron chi connectivity index (χ2n) is 7.41. The smallest absolute Gasteiger partial charge is 0.269 e. The highest BCUT2D eigenvalue weighted by Gasteiger charge is 2.46. The molecule has 2 fully saturated rings. The van der Waals surface area contributed by atoms with Crippen LogP contribution in [0.5, 0.6) is 0 Å². The number of hydrogen-bond acceptors (Lipinski definition) is 4. The van der Waals surface area contributed by atoms with E-state index >= 15 is 0 Å². The second-order valence-corrected chi connectivity index (χ2v) is 8.35. The lowest BCUT2D eigenvalue weighted by molar-refractivity contribution is -0.138. The minimum absolute atomic E-state index is 0.279. The number of aromatic nitrogens is 2. The number of H-pyrrole nitrogens is 1. The first-order valence-electron chi connectivity index (χ1n) is 9.28. The Hall–Kier alpha value is -2.15. The number of aromatic amines is 1. The fraction of sp³-hybridized carbons (Fsp3) is 0.526. The van der Waals surface area contributed by atoms with Crippen LogP contribution in [0.2, 0.25) is 0 Å². The average molecular weight is 372 g/mol. The van der Waals surface area contributed by atoms with Crippen molar-refractivity contribution in [3.8, 4) is 0 Å². The van der Waals surface area contributed by atoms with Crippen LogP contribution in [0.1, 0.15) is 65.5 Å². The fourth-order valence-electron chi connectivity index (χ4n) is 4.46. The summed E-state index contributed by atoms with van der Waals surface area (Å²) in [5, 5.41) is 8.98. The largest absolute Gasteiger partial charge is 0.364 e. The van der Waals surface area contributed by atoms with Gasteiger partial charge in [0.2, 0.25) is 5.91 Å². The van der Waals surface area contributed by atoms with E-state index in [-0.39, 0.29) is 11.1 Å². The maximum Gasteiger partial charge on any atom is 0.269 e. The number of thiophene rings is 1. The summed E-state index contributed by atoms with van der Waals surface area (Å²) in [5.41, 5.74) is 6.20. The van der Waals surface area contributed by atoms with Crippen molar-refractivity contribution in [2.75, 3.05) is 13.1 Å². The van der Waals surface area contributed by atoms with E-state index in [1.54, 1.807) is 17.4 Å². The molecule has 3 heterocycles. The van der Waals surface area contributed by atoms with Gasteiger partial charge in [0.05, 0.1) is 5.41 Å². The number of likely N-dealkylation sites (tertiary alicyclic amines) is 1. The number of primary amides is 1. The molecule has 6 nitrogen and oxygen atoms in total. The molecule has 0 bridgehead atoms. The number of nitrogens with zero attached hydrogens (tertiary/aromatic N) is 2. The normalized spacial score (nSPS) is 20.4. The lowest BCUT2D eigenvalue weighted by Crippen LogP contribution is -2.48. The molecule has 1 aliphatic heterocycles. The number of hydrogen-bond donors (Lipinski definition) is 2. The first kappa shape index (κ1) is 17.3. The van der Waals surface area contributed by atoms with Crippen LogP contribution in [-0.2, 0) is 10.2 Å². The molecular formula is C19H24N4O2S. The van der Waals surface area contributed by atoms with Gasteiger partial charge in [0.15, 0.2) is 0 Å². The lowest BCUT2D eigenvalue weighted by Gasteiger charge is -2.38. The molecule has 0 unspecified atom stereocenters. The zero-order valence-corrected chi connectivity index (χ0v) is 15.6. The summed E-state index contributed by atoms with van der Waals surface area (Å²) in [6.07, 6.45) is 5.96. The Morgan fingerprint density at radius 1 is 1.27 bits per heavy atom. The van der Waals surface area contributed by atoms with E-state index in [9.17, 15) is 9.59 Å². The molecule has 138 valence electrons. The van der Waals surface area contributed by atoms with Gasteiger partial charge in [-0.05, 0) is 43.2 Å². The molecule has 3 N–H and O–H groups in total. The van der Waals surface area contributed by atoms with Gasteiger partial charge >= 0.3 is 0 Å². The topological polar surface area (TPSA) is 92.1 Å². The van der Waals surface area contributed by atoms with E-state index < -0.39 is 5.91 Å². The summed E-state index contributed by atoms with van der Waals surface area (Å²) < 4.78 is 0. The van der Waals surface area contributed by atoms with Crippen LogP contribution in [0, 0.1) is 0 Å². The molecule has 2 amide bonds. The van der Waals surface area contributed by atoms with Crippen molar-refractivity contribution in [2.24, 2.45) is 5.73 Å². The average Bonchev–Trinajstić information content (AvgIpc) is 3.42. The van der Waals surface area contributed by atoms with Crippen molar-refractivity contribution >= 4 is 23.2 Å². The molecular weight excluding hydrogens is 348 g/mol. The number of nitrogens with one attached hydrogen (secondary N) is 1. The van der Waals surface area contributed by atoms with Gasteiger partial charge in [0, 0.05) is 29.6 Å². The van der Waals surface area contributed by atoms with Crippen LogP contribution < -0.4 is 5.73 Å². The number of piperidine rings is 1. The van der Waals surface area contributed by atoms with Gasteiger partial charge in [-0.25, -0.2) is 0 Å². The van der Waals surface area contributed by atoms with Crippen LogP contribution in [0.4, 0.5) is 0 Å². The summed E-state index contributed by atoms with van der Waals surface area (Å²) in [4.78, 5) is 27.9. The Labute approximate surface area is 156 Å². The van der Waals surface area contributed by atoms with Crippen molar-refractivity contribution in [1.82, 2.24) is 15.1 Å². The molecule has 0 spiro atoms. The molecule has 4 rings (SSSR count). The highest BCUT2D eigenvalue weighted by molar-refractivity contribution is 7.10. The van der Waals surface area contributed by atoms with Crippen LogP contribution in [0.25, 0.3) is 0 Å². The summed E-state index contributed by atoms with van der Waals surface area (Å²) in [5.74, 6) is 0.0819. The Balaban J connectivity index is 1.45. The Bertz CT molecular complexity index is 784. The molecule has 0 atom stereocenters. The van der Waals surface area contributed by atoms with Crippen molar-refractivity contribution in [1.29, 1.82) is 0 Å². The van der Waals surface area contributed by atoms with Crippen LogP contribution in [0.15, 0.2) is 23.6 Å². The monoisotopic (exact) mass is 372 g/mol. The summed E-state index contributed by atoms with van der Waals surface area (Å²) in [6.45, 7) is 1.50. The van der Waals surface area contributed by atoms with Crippen molar-refractivity contribution in [3.05, 3.63) is 39.8 Å². The third-order valence-electron chi connectivity index (χ3n) is 5.93. The molecule has 1 saturated carbocycles. The SMILES string of the molecule is NC(=O)c1cc(C2CCN(C(=O)C3(c4cccs4)CCCC3)CC2)[nH]n1. The van der Waals surface area contributed by atoms with Gasteiger partial charge in [0.1, 0.15) is 5.69 Å². The Kier molecular flexibility index (Phi) is 4.56. The maximum atomic E-state index is 13.4. The molecule has 2 aliphatic rings. The van der Waals surface area contributed by atoms with E-state index in [1.807, 2.05) is 11.0 Å². The van der Waals surface area contributed by atoms with Gasteiger partial charge in [-0.3, -0.25) is 14.7 Å². The van der Waals surface area contributed by atoms with Crippen molar-refractivity contribution in [2.45, 2.75) is 49.9 Å². The highest BCUT2D eigenvalue weighted by atomic mass is 32.1. The number of amides is 2. The predicted octanol–water partition coefficient (Wildman–Crippen LogP) is 2.79. The number of rotatable bonds is 4. The van der Waals surface area contributed by atoms with Gasteiger partial charge in [-0.15, -0.1) is 11.3 Å². The minimum atomic E-state index is -0.515. The first-order valence-corrected chi connectivity index (χ1v) is 10.2. The first-order chi connectivity index (χ1) is 12.6. The fourth-order valence-corrected chi connectivity index (χ4v) is 5.44. The molecule has 1 saturated heterocycles. The predicted molar refractivity (Wildman–Crippen MR) is 100 cm³/mol. The molecule has 7 heteroatoms. The molecule has 0 radical (unpaired) electrons. The number of nitrogens with two attached hydrogens (primary N) is 1. The summed E-state index contributed by atoms with van der Waals surface area (Å²) in [7, 11) is 0. The molecule has 2 aromatic rings. The molecule has 26 heavy (non-hydrogen) atoms. The summed E-state index contributed by atoms with van der Waals surface area (Å²) in [6, 6.07) is 5.92. The van der Waals surface area contributed by atoms with Crippen LogP contribution >= 0.6 is 11.3 Å².